The molecule has 0 atom stereocenters. The molecule has 1 aromatic rings. The van der Waals surface area contributed by atoms with Gasteiger partial charge in [-0.1, -0.05) is 0 Å². The number of nitrogens with one attached hydrogen (secondary N) is 2. The van der Waals surface area contributed by atoms with Crippen LogP contribution in [0.1, 0.15) is 5.69 Å². The van der Waals surface area contributed by atoms with Gasteiger partial charge in [-0.2, -0.15) is 0 Å². The molecule has 0 unspecified atom stereocenters. The standard InChI is InChI=1S/C7H10N2O2.C3H8N2O/c1-5-4-6(10)9(3)7(11)8(5)2;1-4-3(6)5-2/h4H,1-3H3;1-2H3,(H2,4,5,6). The second kappa shape index (κ2) is 6.51. The van der Waals surface area contributed by atoms with Gasteiger partial charge in [0.15, 0.2) is 0 Å². The summed E-state index contributed by atoms with van der Waals surface area (Å²) in [6.07, 6.45) is 0. The van der Waals surface area contributed by atoms with Gasteiger partial charge in [0.1, 0.15) is 0 Å². The van der Waals surface area contributed by atoms with Gasteiger partial charge in [0, 0.05) is 40.0 Å². The van der Waals surface area contributed by atoms with E-state index in [1.807, 2.05) is 0 Å². The predicted octanol–water partition coefficient (Wildman–Crippen LogP) is -1.06. The van der Waals surface area contributed by atoms with E-state index in [4.69, 9.17) is 0 Å². The van der Waals surface area contributed by atoms with E-state index >= 15 is 0 Å². The molecular weight excluding hydrogens is 224 g/mol. The van der Waals surface area contributed by atoms with E-state index in [0.717, 1.165) is 4.57 Å². The molecule has 7 nitrogen and oxygen atoms in total. The maximum atomic E-state index is 11.1. The van der Waals surface area contributed by atoms with Gasteiger partial charge in [-0.05, 0) is 6.92 Å². The number of aromatic nitrogens is 2. The van der Waals surface area contributed by atoms with E-state index in [1.54, 1.807) is 28.1 Å². The summed E-state index contributed by atoms with van der Waals surface area (Å²) >= 11 is 0. The molecule has 96 valence electrons. The van der Waals surface area contributed by atoms with Gasteiger partial charge in [-0.25, -0.2) is 9.59 Å². The Labute approximate surface area is 99.1 Å². The normalized spacial score (nSPS) is 9.00. The number of hydrogen-bond donors (Lipinski definition) is 2. The van der Waals surface area contributed by atoms with Crippen LogP contribution in [-0.4, -0.2) is 29.3 Å². The van der Waals surface area contributed by atoms with Crippen molar-refractivity contribution in [1.82, 2.24) is 19.8 Å². The maximum Gasteiger partial charge on any atom is 0.330 e. The van der Waals surface area contributed by atoms with Crippen LogP contribution >= 0.6 is 0 Å². The van der Waals surface area contributed by atoms with E-state index in [9.17, 15) is 14.4 Å². The zero-order valence-electron chi connectivity index (χ0n) is 10.7. The highest BCUT2D eigenvalue weighted by Crippen LogP contribution is 1.82. The van der Waals surface area contributed by atoms with E-state index < -0.39 is 0 Å². The summed E-state index contributed by atoms with van der Waals surface area (Å²) in [4.78, 5) is 32.1. The Balaban J connectivity index is 0.000000366. The Morgan fingerprint density at radius 1 is 1.12 bits per heavy atom. The summed E-state index contributed by atoms with van der Waals surface area (Å²) < 4.78 is 2.51. The Morgan fingerprint density at radius 3 is 1.94 bits per heavy atom. The van der Waals surface area contributed by atoms with E-state index in [1.165, 1.54) is 17.7 Å². The molecule has 0 saturated carbocycles. The van der Waals surface area contributed by atoms with Gasteiger partial charge in [-0.3, -0.25) is 9.36 Å². The number of carbonyl (C=O) groups is 1. The first kappa shape index (κ1) is 14.9. The fourth-order valence-electron chi connectivity index (χ4n) is 0.967. The molecule has 17 heavy (non-hydrogen) atoms. The molecule has 2 N–H and O–H groups in total. The molecule has 1 heterocycles. The lowest BCUT2D eigenvalue weighted by Gasteiger charge is -2.03. The second-order valence-corrected chi connectivity index (χ2v) is 3.35. The summed E-state index contributed by atoms with van der Waals surface area (Å²) in [6, 6.07) is 1.27. The number of amides is 2. The fraction of sp³-hybridized carbons (Fsp3) is 0.500. The maximum absolute atomic E-state index is 11.1. The molecule has 1 aromatic heterocycles. The van der Waals surface area contributed by atoms with Gasteiger partial charge in [0.25, 0.3) is 5.56 Å². The molecule has 0 saturated heterocycles. The third kappa shape index (κ3) is 4.13. The Bertz CT molecular complexity index is 495. The molecule has 0 fully saturated rings. The van der Waals surface area contributed by atoms with Crippen molar-refractivity contribution in [2.75, 3.05) is 14.1 Å². The van der Waals surface area contributed by atoms with Crippen LogP contribution < -0.4 is 21.9 Å². The Kier molecular flexibility index (Phi) is 5.73. The molecule has 2 amide bonds. The van der Waals surface area contributed by atoms with Gasteiger partial charge < -0.3 is 15.2 Å². The zero-order chi connectivity index (χ0) is 13.6. The summed E-state index contributed by atoms with van der Waals surface area (Å²) in [5.74, 6) is 0. The highest BCUT2D eigenvalue weighted by atomic mass is 16.2. The fourth-order valence-corrected chi connectivity index (χ4v) is 0.967. The molecule has 0 spiro atoms. The van der Waals surface area contributed by atoms with Crippen molar-refractivity contribution in [2.45, 2.75) is 6.92 Å². The Morgan fingerprint density at radius 2 is 1.59 bits per heavy atom. The summed E-state index contributed by atoms with van der Waals surface area (Å²) in [7, 11) is 6.24. The van der Waals surface area contributed by atoms with Crippen molar-refractivity contribution < 1.29 is 4.79 Å². The SMILES string of the molecule is CNC(=O)NC.Cc1cc(=O)n(C)c(=O)n1C. The van der Waals surface area contributed by atoms with Crippen LogP contribution in [0.5, 0.6) is 0 Å². The van der Waals surface area contributed by atoms with Crippen LogP contribution in [0.15, 0.2) is 15.7 Å². The average Bonchev–Trinajstić information content (AvgIpc) is 2.33. The lowest BCUT2D eigenvalue weighted by molar-refractivity contribution is 0.245. The van der Waals surface area contributed by atoms with Crippen molar-refractivity contribution in [1.29, 1.82) is 0 Å². The smallest absolute Gasteiger partial charge is 0.330 e. The van der Waals surface area contributed by atoms with Crippen LogP contribution in [0, 0.1) is 6.92 Å². The van der Waals surface area contributed by atoms with Crippen LogP contribution in [-0.2, 0) is 14.1 Å². The summed E-state index contributed by atoms with van der Waals surface area (Å²) in [6.45, 7) is 1.72. The van der Waals surface area contributed by atoms with E-state index in [-0.39, 0.29) is 17.3 Å². The number of carbonyl (C=O) groups excluding carboxylic acids is 1. The summed E-state index contributed by atoms with van der Waals surface area (Å²) in [5.41, 5.74) is 0.138. The van der Waals surface area contributed by atoms with E-state index in [0.29, 0.717) is 5.69 Å². The molecule has 0 aromatic carbocycles. The minimum absolute atomic E-state index is 0.157. The molecule has 0 aliphatic rings. The minimum atomic E-state index is -0.282. The molecular formula is C10H18N4O3. The number of hydrogen-bond acceptors (Lipinski definition) is 3. The van der Waals surface area contributed by atoms with Crippen molar-refractivity contribution in [3.05, 3.63) is 32.6 Å². The van der Waals surface area contributed by atoms with E-state index in [2.05, 4.69) is 10.6 Å². The number of aryl methyl sites for hydroxylation is 1. The largest absolute Gasteiger partial charge is 0.341 e. The lowest BCUT2D eigenvalue weighted by Crippen LogP contribution is -2.37. The molecule has 0 aliphatic carbocycles. The van der Waals surface area contributed by atoms with Crippen molar-refractivity contribution in [2.24, 2.45) is 14.1 Å². The molecule has 1 rings (SSSR count). The monoisotopic (exact) mass is 242 g/mol. The lowest BCUT2D eigenvalue weighted by atomic mass is 10.4. The van der Waals surface area contributed by atoms with Crippen molar-refractivity contribution in [3.8, 4) is 0 Å². The summed E-state index contributed by atoms with van der Waals surface area (Å²) in [5, 5.41) is 4.73. The third-order valence-corrected chi connectivity index (χ3v) is 2.22. The van der Waals surface area contributed by atoms with Crippen molar-refractivity contribution in [3.63, 3.8) is 0 Å². The second-order valence-electron chi connectivity index (χ2n) is 3.35. The predicted molar refractivity (Wildman–Crippen MR) is 65.2 cm³/mol. The van der Waals surface area contributed by atoms with Crippen molar-refractivity contribution >= 4 is 6.03 Å². The number of rotatable bonds is 0. The number of nitrogens with zero attached hydrogens (tertiary/aromatic N) is 2. The topological polar surface area (TPSA) is 85.1 Å². The molecule has 0 radical (unpaired) electrons. The first-order valence-electron chi connectivity index (χ1n) is 4.98. The van der Waals surface area contributed by atoms with Gasteiger partial charge in [0.05, 0.1) is 0 Å². The van der Waals surface area contributed by atoms with Gasteiger partial charge >= 0.3 is 11.7 Å². The highest BCUT2D eigenvalue weighted by molar-refractivity contribution is 5.72. The van der Waals surface area contributed by atoms with Crippen LogP contribution in [0.2, 0.25) is 0 Å². The van der Waals surface area contributed by atoms with Crippen LogP contribution in [0.3, 0.4) is 0 Å². The quantitative estimate of drug-likeness (QED) is 0.608. The highest BCUT2D eigenvalue weighted by Gasteiger charge is 1.99. The average molecular weight is 242 g/mol. The van der Waals surface area contributed by atoms with Gasteiger partial charge in [-0.15, -0.1) is 0 Å². The molecule has 0 aliphatic heterocycles. The number of urea groups is 1. The third-order valence-electron chi connectivity index (χ3n) is 2.22. The van der Waals surface area contributed by atoms with Crippen LogP contribution in [0.25, 0.3) is 0 Å². The first-order chi connectivity index (χ1) is 7.84. The first-order valence-corrected chi connectivity index (χ1v) is 4.98. The zero-order valence-corrected chi connectivity index (χ0v) is 10.7. The minimum Gasteiger partial charge on any atom is -0.341 e. The van der Waals surface area contributed by atoms with Gasteiger partial charge in [0.2, 0.25) is 0 Å². The van der Waals surface area contributed by atoms with Crippen LogP contribution in [0.4, 0.5) is 4.79 Å². The molecule has 7 heteroatoms. The Hall–Kier alpha value is -2.05. The molecule has 0 bridgehead atoms.